The number of aromatic amines is 1. The number of benzene rings is 1. The lowest BCUT2D eigenvalue weighted by Crippen LogP contribution is -2.10. The monoisotopic (exact) mass is 348 g/mol. The first-order chi connectivity index (χ1) is 12.2. The molecule has 124 valence electrons. The number of rotatable bonds is 5. The highest BCUT2D eigenvalue weighted by Gasteiger charge is 2.08. The van der Waals surface area contributed by atoms with Gasteiger partial charge in [-0.3, -0.25) is 4.79 Å². The number of nitrogens with one attached hydrogen (secondary N) is 2. The predicted molar refractivity (Wildman–Crippen MR) is 102 cm³/mol. The summed E-state index contributed by atoms with van der Waals surface area (Å²) in [6.45, 7) is 0.724. The fraction of sp³-hybridized carbons (Fsp3) is 0.0526. The Hall–Kier alpha value is -3.12. The number of carbonyl (C=O) groups excluding carboxylic acids is 1. The number of aromatic nitrogens is 2. The van der Waals surface area contributed by atoms with Gasteiger partial charge in [0, 0.05) is 50.9 Å². The quantitative estimate of drug-likeness (QED) is 0.510. The topological polar surface area (TPSA) is 83.8 Å². The predicted octanol–water partition coefficient (Wildman–Crippen LogP) is 4.00. The Morgan fingerprint density at radius 1 is 1.12 bits per heavy atom. The third-order valence-corrected chi connectivity index (χ3v) is 5.14. The van der Waals surface area contributed by atoms with Crippen LogP contribution < -0.4 is 11.1 Å². The van der Waals surface area contributed by atoms with Crippen LogP contribution in [0.2, 0.25) is 0 Å². The molecule has 25 heavy (non-hydrogen) atoms. The molecule has 0 spiro atoms. The Labute approximate surface area is 148 Å². The first kappa shape index (κ1) is 15.4. The zero-order valence-electron chi connectivity index (χ0n) is 13.3. The van der Waals surface area contributed by atoms with Crippen LogP contribution in [0.4, 0.5) is 5.69 Å². The van der Waals surface area contributed by atoms with Gasteiger partial charge in [-0.2, -0.15) is 0 Å². The largest absolute Gasteiger partial charge is 0.380 e. The number of nitrogens with two attached hydrogens (primary N) is 1. The smallest absolute Gasteiger partial charge is 0.248 e. The van der Waals surface area contributed by atoms with Gasteiger partial charge in [0.25, 0.3) is 0 Å². The molecule has 3 aromatic heterocycles. The molecule has 0 aliphatic carbocycles. The molecule has 0 unspecified atom stereocenters. The van der Waals surface area contributed by atoms with Crippen LogP contribution in [-0.2, 0) is 6.54 Å². The fourth-order valence-corrected chi connectivity index (χ4v) is 3.72. The summed E-state index contributed by atoms with van der Waals surface area (Å²) in [6.07, 6.45) is 3.74. The molecule has 5 nitrogen and oxygen atoms in total. The summed E-state index contributed by atoms with van der Waals surface area (Å²) < 4.78 is 0. The van der Waals surface area contributed by atoms with E-state index >= 15 is 0 Å². The van der Waals surface area contributed by atoms with Gasteiger partial charge in [-0.05, 0) is 48.5 Å². The fourth-order valence-electron chi connectivity index (χ4n) is 2.73. The van der Waals surface area contributed by atoms with Crippen LogP contribution in [0.15, 0.2) is 60.9 Å². The van der Waals surface area contributed by atoms with E-state index in [0.717, 1.165) is 23.3 Å². The number of amides is 1. The van der Waals surface area contributed by atoms with Gasteiger partial charge in [-0.25, -0.2) is 4.98 Å². The molecule has 1 amide bonds. The van der Waals surface area contributed by atoms with Crippen LogP contribution in [0, 0.1) is 0 Å². The van der Waals surface area contributed by atoms with Crippen LogP contribution in [0.3, 0.4) is 0 Å². The third kappa shape index (κ3) is 3.12. The van der Waals surface area contributed by atoms with E-state index in [0.29, 0.717) is 5.56 Å². The maximum atomic E-state index is 11.1. The summed E-state index contributed by atoms with van der Waals surface area (Å²) in [4.78, 5) is 21.0. The Morgan fingerprint density at radius 3 is 2.76 bits per heavy atom. The molecule has 0 saturated carbocycles. The van der Waals surface area contributed by atoms with Gasteiger partial charge in [0.05, 0.1) is 0 Å². The van der Waals surface area contributed by atoms with Gasteiger partial charge in [-0.1, -0.05) is 0 Å². The molecule has 0 atom stereocenters. The van der Waals surface area contributed by atoms with Crippen LogP contribution >= 0.6 is 11.3 Å². The van der Waals surface area contributed by atoms with Crippen molar-refractivity contribution in [2.75, 3.05) is 5.32 Å². The van der Waals surface area contributed by atoms with Crippen LogP contribution in [-0.4, -0.2) is 15.9 Å². The molecule has 3 heterocycles. The van der Waals surface area contributed by atoms with Crippen LogP contribution in [0.1, 0.15) is 15.2 Å². The number of primary amides is 1. The second-order valence-electron chi connectivity index (χ2n) is 5.66. The van der Waals surface area contributed by atoms with E-state index in [1.807, 2.05) is 30.6 Å². The highest BCUT2D eigenvalue weighted by molar-refractivity contribution is 7.15. The first-order valence-corrected chi connectivity index (χ1v) is 8.67. The van der Waals surface area contributed by atoms with Crippen molar-refractivity contribution >= 4 is 34.0 Å². The van der Waals surface area contributed by atoms with E-state index in [-0.39, 0.29) is 0 Å². The first-order valence-electron chi connectivity index (χ1n) is 7.85. The maximum Gasteiger partial charge on any atom is 0.248 e. The molecule has 0 bridgehead atoms. The van der Waals surface area contributed by atoms with Crippen molar-refractivity contribution in [2.45, 2.75) is 6.54 Å². The number of anilines is 1. The van der Waals surface area contributed by atoms with E-state index in [9.17, 15) is 4.79 Å². The zero-order valence-corrected chi connectivity index (χ0v) is 14.1. The van der Waals surface area contributed by atoms with Crippen molar-refractivity contribution in [2.24, 2.45) is 5.73 Å². The lowest BCUT2D eigenvalue weighted by molar-refractivity contribution is 0.100. The van der Waals surface area contributed by atoms with E-state index in [2.05, 4.69) is 33.5 Å². The minimum atomic E-state index is -0.414. The van der Waals surface area contributed by atoms with Gasteiger partial charge in [0.2, 0.25) is 5.91 Å². The molecule has 6 heteroatoms. The Balaban J connectivity index is 1.50. The second kappa shape index (κ2) is 6.41. The van der Waals surface area contributed by atoms with Gasteiger partial charge >= 0.3 is 0 Å². The standard InChI is InChI=1S/C19H16N4OS/c20-18(24)12-1-3-13(4-2-12)23-11-14-5-6-17(25-14)15-7-9-21-19-16(15)8-10-22-19/h1-10,23H,11H2,(H2,20,24)(H,21,22). The molecule has 4 aromatic rings. The normalized spacial score (nSPS) is 10.9. The van der Waals surface area contributed by atoms with E-state index in [1.165, 1.54) is 15.3 Å². The highest BCUT2D eigenvalue weighted by atomic mass is 32.1. The summed E-state index contributed by atoms with van der Waals surface area (Å²) in [7, 11) is 0. The average molecular weight is 348 g/mol. The van der Waals surface area contributed by atoms with Crippen molar-refractivity contribution in [1.82, 2.24) is 9.97 Å². The van der Waals surface area contributed by atoms with Crippen molar-refractivity contribution in [1.29, 1.82) is 0 Å². The second-order valence-corrected chi connectivity index (χ2v) is 6.83. The molecular weight excluding hydrogens is 332 g/mol. The number of fused-ring (bicyclic) bond motifs is 1. The molecule has 0 aliphatic rings. The number of pyridine rings is 1. The summed E-state index contributed by atoms with van der Waals surface area (Å²) in [5.74, 6) is -0.414. The lowest BCUT2D eigenvalue weighted by atomic mass is 10.1. The van der Waals surface area contributed by atoms with Gasteiger partial charge in [0.1, 0.15) is 5.65 Å². The van der Waals surface area contributed by atoms with Crippen LogP contribution in [0.5, 0.6) is 0 Å². The minimum absolute atomic E-state index is 0.414. The number of thiophene rings is 1. The highest BCUT2D eigenvalue weighted by Crippen LogP contribution is 2.32. The molecule has 0 radical (unpaired) electrons. The van der Waals surface area contributed by atoms with Gasteiger partial charge in [-0.15, -0.1) is 11.3 Å². The zero-order chi connectivity index (χ0) is 17.2. The summed E-state index contributed by atoms with van der Waals surface area (Å²) in [5.41, 5.74) is 8.81. The Kier molecular flexibility index (Phi) is 3.95. The molecule has 1 aromatic carbocycles. The van der Waals surface area contributed by atoms with Crippen molar-refractivity contribution in [3.8, 4) is 10.4 Å². The minimum Gasteiger partial charge on any atom is -0.380 e. The summed E-state index contributed by atoms with van der Waals surface area (Å²) in [5, 5.41) is 4.49. The maximum absolute atomic E-state index is 11.1. The molecule has 4 rings (SSSR count). The number of nitrogens with zero attached hydrogens (tertiary/aromatic N) is 1. The molecular formula is C19H16N4OS. The molecule has 0 saturated heterocycles. The van der Waals surface area contributed by atoms with Crippen molar-refractivity contribution < 1.29 is 4.79 Å². The SMILES string of the molecule is NC(=O)c1ccc(NCc2ccc(-c3ccnc4[nH]ccc34)s2)cc1. The number of hydrogen-bond donors (Lipinski definition) is 3. The van der Waals surface area contributed by atoms with E-state index in [4.69, 9.17) is 5.73 Å². The number of hydrogen-bond acceptors (Lipinski definition) is 4. The van der Waals surface area contributed by atoms with Gasteiger partial charge in [0.15, 0.2) is 0 Å². The Bertz CT molecular complexity index is 1030. The van der Waals surface area contributed by atoms with Crippen LogP contribution in [0.25, 0.3) is 21.5 Å². The lowest BCUT2D eigenvalue weighted by Gasteiger charge is -2.05. The van der Waals surface area contributed by atoms with Crippen molar-refractivity contribution in [3.63, 3.8) is 0 Å². The van der Waals surface area contributed by atoms with Gasteiger partial charge < -0.3 is 16.0 Å². The van der Waals surface area contributed by atoms with Crippen molar-refractivity contribution in [3.05, 3.63) is 71.4 Å². The van der Waals surface area contributed by atoms with E-state index in [1.54, 1.807) is 23.5 Å². The molecule has 4 N–H and O–H groups in total. The molecule has 0 fully saturated rings. The molecule has 0 aliphatic heterocycles. The third-order valence-electron chi connectivity index (χ3n) is 4.02. The average Bonchev–Trinajstić information content (AvgIpc) is 3.29. The summed E-state index contributed by atoms with van der Waals surface area (Å²) >= 11 is 1.75. The summed E-state index contributed by atoms with van der Waals surface area (Å²) in [6, 6.07) is 15.5. The number of H-pyrrole nitrogens is 1. The Morgan fingerprint density at radius 2 is 1.96 bits per heavy atom. The van der Waals surface area contributed by atoms with E-state index < -0.39 is 5.91 Å². The number of carbonyl (C=O) groups is 1.